The van der Waals surface area contributed by atoms with E-state index in [-0.39, 0.29) is 11.8 Å². The number of pyridine rings is 1. The highest BCUT2D eigenvalue weighted by molar-refractivity contribution is 6.35. The van der Waals surface area contributed by atoms with Gasteiger partial charge in [-0.05, 0) is 62.7 Å². The van der Waals surface area contributed by atoms with E-state index in [2.05, 4.69) is 10.3 Å². The van der Waals surface area contributed by atoms with Crippen LogP contribution in [0.1, 0.15) is 23.2 Å². The fraction of sp³-hybridized carbons (Fsp3) is 0.368. The summed E-state index contributed by atoms with van der Waals surface area (Å²) in [5.41, 5.74) is 0.436. The maximum atomic E-state index is 13.0. The van der Waals surface area contributed by atoms with E-state index in [9.17, 15) is 4.79 Å². The fourth-order valence-corrected chi connectivity index (χ4v) is 3.54. The Labute approximate surface area is 163 Å². The van der Waals surface area contributed by atoms with E-state index < -0.39 is 0 Å². The van der Waals surface area contributed by atoms with Gasteiger partial charge >= 0.3 is 0 Å². The van der Waals surface area contributed by atoms with Crippen molar-refractivity contribution in [1.82, 2.24) is 15.2 Å². The molecule has 1 aromatic carbocycles. The molecule has 1 aromatic heterocycles. The molecule has 2 heterocycles. The standard InChI is InChI=1S/C19H21Cl2N3O2/c1-22-12-13-6-9-24(10-7-13)19(25)15-3-2-8-23-18(15)26-17-5-4-14(20)11-16(17)21/h2-5,8,11,13,22H,6-7,9-10,12H2,1H3. The number of hydrogen-bond acceptors (Lipinski definition) is 4. The normalized spacial score (nSPS) is 15.1. The molecule has 26 heavy (non-hydrogen) atoms. The summed E-state index contributed by atoms with van der Waals surface area (Å²) in [7, 11) is 1.96. The number of aromatic nitrogens is 1. The van der Waals surface area contributed by atoms with Crippen LogP contribution in [0.5, 0.6) is 11.6 Å². The minimum atomic E-state index is -0.0684. The number of ether oxygens (including phenoxy) is 1. The third-order valence-electron chi connectivity index (χ3n) is 4.50. The lowest BCUT2D eigenvalue weighted by Crippen LogP contribution is -2.40. The number of halogens is 2. The summed E-state index contributed by atoms with van der Waals surface area (Å²) in [4.78, 5) is 19.0. The highest BCUT2D eigenvalue weighted by Gasteiger charge is 2.26. The molecular formula is C19H21Cl2N3O2. The van der Waals surface area contributed by atoms with Gasteiger partial charge in [0.15, 0.2) is 0 Å². The van der Waals surface area contributed by atoms with Gasteiger partial charge in [-0.15, -0.1) is 0 Å². The molecule has 2 aromatic rings. The van der Waals surface area contributed by atoms with Crippen LogP contribution in [0.2, 0.25) is 10.0 Å². The SMILES string of the molecule is CNCC1CCN(C(=O)c2cccnc2Oc2ccc(Cl)cc2Cl)CC1. The van der Waals surface area contributed by atoms with Crippen molar-refractivity contribution in [2.75, 3.05) is 26.7 Å². The smallest absolute Gasteiger partial charge is 0.259 e. The summed E-state index contributed by atoms with van der Waals surface area (Å²) in [5.74, 6) is 1.21. The van der Waals surface area contributed by atoms with Crippen LogP contribution in [-0.4, -0.2) is 42.5 Å². The van der Waals surface area contributed by atoms with E-state index in [0.717, 1.165) is 32.5 Å². The van der Waals surface area contributed by atoms with Crippen LogP contribution in [0, 0.1) is 5.92 Å². The Morgan fingerprint density at radius 2 is 2.08 bits per heavy atom. The van der Waals surface area contributed by atoms with Gasteiger partial charge in [0.1, 0.15) is 11.3 Å². The number of nitrogens with one attached hydrogen (secondary N) is 1. The quantitative estimate of drug-likeness (QED) is 0.824. The molecule has 0 bridgehead atoms. The Morgan fingerprint density at radius 3 is 2.77 bits per heavy atom. The third kappa shape index (κ3) is 4.47. The van der Waals surface area contributed by atoms with Crippen molar-refractivity contribution in [3.63, 3.8) is 0 Å². The summed E-state index contributed by atoms with van der Waals surface area (Å²) >= 11 is 12.1. The Kier molecular flexibility index (Phi) is 6.35. The van der Waals surface area contributed by atoms with Crippen LogP contribution in [0.25, 0.3) is 0 Å². The van der Waals surface area contributed by atoms with E-state index in [1.807, 2.05) is 11.9 Å². The number of amides is 1. The van der Waals surface area contributed by atoms with Crippen LogP contribution in [0.3, 0.4) is 0 Å². The molecule has 1 saturated heterocycles. The predicted molar refractivity (Wildman–Crippen MR) is 103 cm³/mol. The van der Waals surface area contributed by atoms with Gasteiger partial charge in [-0.3, -0.25) is 4.79 Å². The van der Waals surface area contributed by atoms with Crippen molar-refractivity contribution in [3.8, 4) is 11.6 Å². The van der Waals surface area contributed by atoms with Crippen molar-refractivity contribution in [1.29, 1.82) is 0 Å². The molecule has 1 fully saturated rings. The van der Waals surface area contributed by atoms with Crippen LogP contribution in [-0.2, 0) is 0 Å². The number of nitrogens with zero attached hydrogens (tertiary/aromatic N) is 2. The van der Waals surface area contributed by atoms with E-state index in [0.29, 0.717) is 27.3 Å². The number of carbonyl (C=O) groups is 1. The van der Waals surface area contributed by atoms with Crippen LogP contribution in [0.15, 0.2) is 36.5 Å². The van der Waals surface area contributed by atoms with E-state index in [1.54, 1.807) is 36.5 Å². The van der Waals surface area contributed by atoms with Gasteiger partial charge in [0.25, 0.3) is 5.91 Å². The largest absolute Gasteiger partial charge is 0.437 e. The zero-order chi connectivity index (χ0) is 18.5. The first-order valence-corrected chi connectivity index (χ1v) is 9.36. The molecule has 0 unspecified atom stereocenters. The summed E-state index contributed by atoms with van der Waals surface area (Å²) < 4.78 is 5.81. The molecule has 5 nitrogen and oxygen atoms in total. The number of benzene rings is 1. The number of carbonyl (C=O) groups excluding carboxylic acids is 1. The zero-order valence-corrected chi connectivity index (χ0v) is 16.1. The second-order valence-corrected chi connectivity index (χ2v) is 7.17. The fourth-order valence-electron chi connectivity index (χ4n) is 3.10. The van der Waals surface area contributed by atoms with Crippen LogP contribution < -0.4 is 10.1 Å². The van der Waals surface area contributed by atoms with Crippen molar-refractivity contribution < 1.29 is 9.53 Å². The molecule has 3 rings (SSSR count). The van der Waals surface area contributed by atoms with Crippen molar-refractivity contribution in [3.05, 3.63) is 52.1 Å². The molecule has 0 saturated carbocycles. The molecule has 138 valence electrons. The number of rotatable bonds is 5. The van der Waals surface area contributed by atoms with E-state index in [1.165, 1.54) is 0 Å². The molecule has 0 aliphatic carbocycles. The minimum Gasteiger partial charge on any atom is -0.437 e. The molecule has 1 amide bonds. The molecule has 0 spiro atoms. The van der Waals surface area contributed by atoms with Gasteiger partial charge in [-0.25, -0.2) is 4.98 Å². The topological polar surface area (TPSA) is 54.5 Å². The zero-order valence-electron chi connectivity index (χ0n) is 14.5. The summed E-state index contributed by atoms with van der Waals surface area (Å²) in [5, 5.41) is 4.09. The summed E-state index contributed by atoms with van der Waals surface area (Å²) in [6, 6.07) is 8.40. The maximum Gasteiger partial charge on any atom is 0.259 e. The first-order valence-electron chi connectivity index (χ1n) is 8.60. The molecule has 0 radical (unpaired) electrons. The van der Waals surface area contributed by atoms with Gasteiger partial charge in [0.05, 0.1) is 5.02 Å². The molecular weight excluding hydrogens is 373 g/mol. The molecule has 1 aliphatic rings. The van der Waals surface area contributed by atoms with Crippen molar-refractivity contribution >= 4 is 29.1 Å². The summed E-state index contributed by atoms with van der Waals surface area (Å²) in [6.07, 6.45) is 3.58. The maximum absolute atomic E-state index is 13.0. The van der Waals surface area contributed by atoms with Gasteiger partial charge in [-0.1, -0.05) is 23.2 Å². The van der Waals surface area contributed by atoms with Crippen molar-refractivity contribution in [2.24, 2.45) is 5.92 Å². The highest BCUT2D eigenvalue weighted by Crippen LogP contribution is 2.32. The van der Waals surface area contributed by atoms with Crippen LogP contribution in [0.4, 0.5) is 0 Å². The van der Waals surface area contributed by atoms with Gasteiger partial charge in [-0.2, -0.15) is 0 Å². The summed E-state index contributed by atoms with van der Waals surface area (Å²) in [6.45, 7) is 2.46. The van der Waals surface area contributed by atoms with Crippen LogP contribution >= 0.6 is 23.2 Å². The molecule has 1 aliphatic heterocycles. The second kappa shape index (κ2) is 8.71. The van der Waals surface area contributed by atoms with Gasteiger partial charge < -0.3 is 15.0 Å². The van der Waals surface area contributed by atoms with E-state index >= 15 is 0 Å². The third-order valence-corrected chi connectivity index (χ3v) is 5.03. The van der Waals surface area contributed by atoms with Gasteiger partial charge in [0, 0.05) is 24.3 Å². The number of piperidine rings is 1. The Hall–Kier alpha value is -1.82. The number of likely N-dealkylation sites (tertiary alicyclic amines) is 1. The lowest BCUT2D eigenvalue weighted by molar-refractivity contribution is 0.0687. The Morgan fingerprint density at radius 1 is 1.31 bits per heavy atom. The average Bonchev–Trinajstić information content (AvgIpc) is 2.65. The molecule has 0 atom stereocenters. The molecule has 7 heteroatoms. The lowest BCUT2D eigenvalue weighted by Gasteiger charge is -2.32. The monoisotopic (exact) mass is 393 g/mol. The van der Waals surface area contributed by atoms with Gasteiger partial charge in [0.2, 0.25) is 5.88 Å². The first-order chi connectivity index (χ1) is 12.6. The molecule has 1 N–H and O–H groups in total. The predicted octanol–water partition coefficient (Wildman–Crippen LogP) is 4.25. The van der Waals surface area contributed by atoms with E-state index in [4.69, 9.17) is 27.9 Å². The van der Waals surface area contributed by atoms with Crippen molar-refractivity contribution in [2.45, 2.75) is 12.8 Å². The first kappa shape index (κ1) is 19.0. The Bertz CT molecular complexity index is 777. The Balaban J connectivity index is 1.75. The average molecular weight is 394 g/mol. The number of hydrogen-bond donors (Lipinski definition) is 1. The lowest BCUT2D eigenvalue weighted by atomic mass is 9.96. The second-order valence-electron chi connectivity index (χ2n) is 6.33. The minimum absolute atomic E-state index is 0.0684. The highest BCUT2D eigenvalue weighted by atomic mass is 35.5.